The first-order chi connectivity index (χ1) is 21.0. The highest BCUT2D eigenvalue weighted by Gasteiger charge is 2.21. The number of aromatic amines is 1. The first-order valence-corrected chi connectivity index (χ1v) is 14.2. The van der Waals surface area contributed by atoms with Crippen LogP contribution in [0.15, 0.2) is 72.8 Å². The van der Waals surface area contributed by atoms with Crippen LogP contribution in [0.25, 0.3) is 11.4 Å². The van der Waals surface area contributed by atoms with Crippen molar-refractivity contribution in [2.75, 3.05) is 10.6 Å². The Morgan fingerprint density at radius 2 is 1.65 bits per heavy atom. The summed E-state index contributed by atoms with van der Waals surface area (Å²) in [4.78, 5) is 27.3. The van der Waals surface area contributed by atoms with Crippen LogP contribution in [0.5, 0.6) is 0 Å². The molecule has 3 amide bonds. The summed E-state index contributed by atoms with van der Waals surface area (Å²) >= 11 is 0. The molecule has 1 unspecified atom stereocenters. The molecule has 1 aliphatic carbocycles. The Bertz CT molecular complexity index is 1680. The number of nitrogens with one attached hydrogen (secondary N) is 4. The molecule has 218 valence electrons. The van der Waals surface area contributed by atoms with Gasteiger partial charge in [-0.25, -0.2) is 4.79 Å². The maximum Gasteiger partial charge on any atom is 0.319 e. The number of rotatable bonds is 8. The molecule has 6 rings (SSSR count). The molecule has 1 aliphatic rings. The number of benzene rings is 3. The minimum Gasteiger partial charge on any atom is -0.327 e. The number of nitrogens with zero attached hydrogens (tertiary/aromatic N) is 7. The van der Waals surface area contributed by atoms with Crippen molar-refractivity contribution in [1.29, 1.82) is 0 Å². The molecule has 3 aromatic carbocycles. The van der Waals surface area contributed by atoms with Gasteiger partial charge in [0.05, 0.1) is 13.1 Å². The van der Waals surface area contributed by atoms with E-state index in [1.54, 1.807) is 31.3 Å². The van der Waals surface area contributed by atoms with Gasteiger partial charge < -0.3 is 10.6 Å². The smallest absolute Gasteiger partial charge is 0.319 e. The number of hydrogen-bond donors (Lipinski definition) is 4. The van der Waals surface area contributed by atoms with Gasteiger partial charge in [0.25, 0.3) is 11.9 Å². The monoisotopic (exact) mass is 577 g/mol. The summed E-state index contributed by atoms with van der Waals surface area (Å²) in [5.74, 6) is 0.753. The van der Waals surface area contributed by atoms with Gasteiger partial charge in [0.15, 0.2) is 0 Å². The molecule has 0 bridgehead atoms. The standard InChI is InChI=1S/C30H31N11O2/c1-41-37-27(34-40-41)24-8-5-9-25(18-24)31-30(43)32-26(21-12-10-20(11-13-21)19-6-3-2-4-7-19)22-14-16-23(17-15-22)28(42)33-29-35-38-39-36-29/h5,8-19,26H,2-4,6-7H2,1H3,(H2,31,32,43)(H2,33,35,36,38,39,42). The molecule has 43 heavy (non-hydrogen) atoms. The van der Waals surface area contributed by atoms with Gasteiger partial charge in [0, 0.05) is 16.8 Å². The Kier molecular flexibility index (Phi) is 8.11. The van der Waals surface area contributed by atoms with Crippen molar-refractivity contribution in [3.63, 3.8) is 0 Å². The van der Waals surface area contributed by atoms with Gasteiger partial charge in [-0.2, -0.15) is 10.0 Å². The normalized spacial score (nSPS) is 14.2. The molecule has 0 aliphatic heterocycles. The van der Waals surface area contributed by atoms with Crippen molar-refractivity contribution < 1.29 is 9.59 Å². The predicted molar refractivity (Wildman–Crippen MR) is 159 cm³/mol. The summed E-state index contributed by atoms with van der Waals surface area (Å²) in [7, 11) is 1.70. The van der Waals surface area contributed by atoms with E-state index in [-0.39, 0.29) is 17.9 Å². The number of hydrogen-bond acceptors (Lipinski definition) is 8. The lowest BCUT2D eigenvalue weighted by Gasteiger charge is -2.24. The quantitative estimate of drug-likeness (QED) is 0.207. The molecule has 2 aromatic heterocycles. The molecule has 13 nitrogen and oxygen atoms in total. The van der Waals surface area contributed by atoms with Gasteiger partial charge in [0.2, 0.25) is 5.82 Å². The van der Waals surface area contributed by atoms with Gasteiger partial charge >= 0.3 is 6.03 Å². The molecular weight excluding hydrogens is 546 g/mol. The molecule has 0 radical (unpaired) electrons. The Balaban J connectivity index is 1.22. The highest BCUT2D eigenvalue weighted by Crippen LogP contribution is 2.33. The van der Waals surface area contributed by atoms with E-state index in [1.165, 1.54) is 42.5 Å². The zero-order valence-corrected chi connectivity index (χ0v) is 23.6. The van der Waals surface area contributed by atoms with Gasteiger partial charge in [-0.05, 0) is 70.1 Å². The topological polar surface area (TPSA) is 168 Å². The maximum absolute atomic E-state index is 13.3. The van der Waals surface area contributed by atoms with E-state index in [9.17, 15) is 9.59 Å². The summed E-state index contributed by atoms with van der Waals surface area (Å²) in [6.45, 7) is 0. The van der Waals surface area contributed by atoms with Crippen molar-refractivity contribution in [3.05, 3.63) is 95.1 Å². The van der Waals surface area contributed by atoms with Gasteiger partial charge in [-0.3, -0.25) is 10.1 Å². The van der Waals surface area contributed by atoms with E-state index in [2.05, 4.69) is 76.3 Å². The molecule has 0 saturated heterocycles. The average Bonchev–Trinajstić information content (AvgIpc) is 3.72. The van der Waals surface area contributed by atoms with Crippen LogP contribution in [-0.2, 0) is 7.05 Å². The summed E-state index contributed by atoms with van der Waals surface area (Å²) in [6.07, 6.45) is 6.24. The van der Waals surface area contributed by atoms with Crippen molar-refractivity contribution in [2.45, 2.75) is 44.1 Å². The molecule has 4 N–H and O–H groups in total. The fraction of sp³-hybridized carbons (Fsp3) is 0.267. The van der Waals surface area contributed by atoms with Crippen LogP contribution >= 0.6 is 0 Å². The highest BCUT2D eigenvalue weighted by molar-refractivity contribution is 6.03. The molecule has 13 heteroatoms. The third-order valence-corrected chi connectivity index (χ3v) is 7.59. The lowest BCUT2D eigenvalue weighted by molar-refractivity contribution is 0.102. The van der Waals surface area contributed by atoms with Crippen LogP contribution in [0.4, 0.5) is 16.4 Å². The zero-order chi connectivity index (χ0) is 29.6. The maximum atomic E-state index is 13.3. The summed E-state index contributed by atoms with van der Waals surface area (Å²) in [5.41, 5.74) is 4.80. The fourth-order valence-electron chi connectivity index (χ4n) is 5.41. The fourth-order valence-corrected chi connectivity index (χ4v) is 5.41. The minimum atomic E-state index is -0.473. The SMILES string of the molecule is Cn1nnc(-c2cccc(NC(=O)NC(c3ccc(C(=O)Nc4nn[nH]n4)cc3)c3ccc(C4CCCCC4)cc3)c2)n1. The number of tetrazole rings is 2. The average molecular weight is 578 g/mol. The first kappa shape index (κ1) is 27.7. The Morgan fingerprint density at radius 1 is 0.907 bits per heavy atom. The minimum absolute atomic E-state index is 0.0857. The van der Waals surface area contributed by atoms with E-state index in [0.717, 1.165) is 16.7 Å². The van der Waals surface area contributed by atoms with Crippen LogP contribution in [0.2, 0.25) is 0 Å². The van der Waals surface area contributed by atoms with Gasteiger partial charge in [-0.1, -0.05) is 72.9 Å². The molecule has 5 aromatic rings. The molecule has 1 saturated carbocycles. The Labute approximate surface area is 247 Å². The van der Waals surface area contributed by atoms with Crippen LogP contribution in [-0.4, -0.2) is 52.8 Å². The Morgan fingerprint density at radius 3 is 2.33 bits per heavy atom. The number of amides is 3. The third-order valence-electron chi connectivity index (χ3n) is 7.59. The predicted octanol–water partition coefficient (Wildman–Crippen LogP) is 4.60. The zero-order valence-electron chi connectivity index (χ0n) is 23.6. The van der Waals surface area contributed by atoms with Crippen LogP contribution in [0.1, 0.15) is 71.1 Å². The Hall–Kier alpha value is -5.46. The lowest BCUT2D eigenvalue weighted by atomic mass is 9.83. The molecule has 1 atom stereocenters. The van der Waals surface area contributed by atoms with Crippen LogP contribution in [0.3, 0.4) is 0 Å². The molecular formula is C30H31N11O2. The second kappa shape index (κ2) is 12.6. The summed E-state index contributed by atoms with van der Waals surface area (Å²) < 4.78 is 0. The van der Waals surface area contributed by atoms with Crippen LogP contribution in [0, 0.1) is 0 Å². The van der Waals surface area contributed by atoms with Crippen LogP contribution < -0.4 is 16.0 Å². The number of H-pyrrole nitrogens is 1. The number of aryl methyl sites for hydroxylation is 1. The lowest BCUT2D eigenvalue weighted by Crippen LogP contribution is -2.33. The number of anilines is 2. The largest absolute Gasteiger partial charge is 0.327 e. The summed E-state index contributed by atoms with van der Waals surface area (Å²) in [5, 5.41) is 34.0. The van der Waals surface area contributed by atoms with Crippen molar-refractivity contribution in [1.82, 2.24) is 46.1 Å². The number of aromatic nitrogens is 8. The van der Waals surface area contributed by atoms with Crippen molar-refractivity contribution in [3.8, 4) is 11.4 Å². The number of carbonyl (C=O) groups is 2. The molecule has 2 heterocycles. The second-order valence-corrected chi connectivity index (χ2v) is 10.5. The van der Waals surface area contributed by atoms with E-state index in [1.807, 2.05) is 24.3 Å². The number of carbonyl (C=O) groups excluding carboxylic acids is 2. The van der Waals surface area contributed by atoms with Crippen molar-refractivity contribution in [2.24, 2.45) is 7.05 Å². The summed E-state index contributed by atoms with van der Waals surface area (Å²) in [6, 6.07) is 21.9. The third kappa shape index (κ3) is 6.72. The van der Waals surface area contributed by atoms with E-state index in [4.69, 9.17) is 0 Å². The van der Waals surface area contributed by atoms with E-state index in [0.29, 0.717) is 23.0 Å². The second-order valence-electron chi connectivity index (χ2n) is 10.5. The van der Waals surface area contributed by atoms with Gasteiger partial charge in [-0.15, -0.1) is 15.3 Å². The highest BCUT2D eigenvalue weighted by atomic mass is 16.2. The van der Waals surface area contributed by atoms with E-state index < -0.39 is 6.04 Å². The first-order valence-electron chi connectivity index (χ1n) is 14.2. The molecule has 1 fully saturated rings. The van der Waals surface area contributed by atoms with Gasteiger partial charge in [0.1, 0.15) is 0 Å². The van der Waals surface area contributed by atoms with E-state index >= 15 is 0 Å². The van der Waals surface area contributed by atoms with Crippen molar-refractivity contribution >= 4 is 23.6 Å². The number of urea groups is 1. The molecule has 0 spiro atoms.